The third-order valence-corrected chi connectivity index (χ3v) is 4.51. The Morgan fingerprint density at radius 1 is 1.04 bits per heavy atom. The molecule has 3 aromatic rings. The summed E-state index contributed by atoms with van der Waals surface area (Å²) in [6.07, 6.45) is 2.45. The molecule has 3 nitrogen and oxygen atoms in total. The maximum Gasteiger partial charge on any atom is 0.134 e. The van der Waals surface area contributed by atoms with E-state index in [0.29, 0.717) is 6.04 Å². The van der Waals surface area contributed by atoms with Crippen LogP contribution in [0.3, 0.4) is 0 Å². The maximum atomic E-state index is 5.96. The number of nitrogens with zero attached hydrogens (tertiary/aromatic N) is 1. The molecule has 4 rings (SSSR count). The van der Waals surface area contributed by atoms with E-state index in [4.69, 9.17) is 4.42 Å². The van der Waals surface area contributed by atoms with Crippen molar-refractivity contribution < 1.29 is 4.42 Å². The number of nitrogens with one attached hydrogen (secondary N) is 1. The predicted molar refractivity (Wildman–Crippen MR) is 94.6 cm³/mol. The number of anilines is 1. The Kier molecular flexibility index (Phi) is 4.03. The molecule has 1 aromatic heterocycles. The molecule has 2 aromatic carbocycles. The average Bonchev–Trinajstić information content (AvgIpc) is 2.98. The summed E-state index contributed by atoms with van der Waals surface area (Å²) in [6.45, 7) is 3.09. The van der Waals surface area contributed by atoms with E-state index in [-0.39, 0.29) is 0 Å². The molecule has 118 valence electrons. The second kappa shape index (κ2) is 6.47. The first-order valence-corrected chi connectivity index (χ1v) is 8.38. The van der Waals surface area contributed by atoms with Gasteiger partial charge in [-0.3, -0.25) is 4.90 Å². The Balaban J connectivity index is 1.41. The topological polar surface area (TPSA) is 28.4 Å². The van der Waals surface area contributed by atoms with Crippen molar-refractivity contribution in [3.05, 3.63) is 66.4 Å². The van der Waals surface area contributed by atoms with Crippen LogP contribution in [0.5, 0.6) is 0 Å². The minimum Gasteiger partial charge on any atom is -0.460 e. The molecule has 1 aliphatic heterocycles. The van der Waals surface area contributed by atoms with Gasteiger partial charge in [-0.1, -0.05) is 36.4 Å². The molecule has 0 saturated carbocycles. The standard InChI is InChI=1S/C20H22N2O/c1-2-8-17(9-3-1)21-18-10-6-12-22(14-18)15-19-13-16-7-4-5-11-20(16)23-19/h1-5,7-9,11,13,18,21H,6,10,12,14-15H2. The summed E-state index contributed by atoms with van der Waals surface area (Å²) < 4.78 is 5.96. The number of hydrogen-bond donors (Lipinski definition) is 1. The summed E-state index contributed by atoms with van der Waals surface area (Å²) in [4.78, 5) is 2.49. The third-order valence-electron chi connectivity index (χ3n) is 4.51. The largest absolute Gasteiger partial charge is 0.460 e. The van der Waals surface area contributed by atoms with Gasteiger partial charge in [-0.05, 0) is 43.7 Å². The van der Waals surface area contributed by atoms with Gasteiger partial charge in [0.25, 0.3) is 0 Å². The van der Waals surface area contributed by atoms with Gasteiger partial charge in [0.05, 0.1) is 6.54 Å². The van der Waals surface area contributed by atoms with Crippen LogP contribution in [0.2, 0.25) is 0 Å². The number of para-hydroxylation sites is 2. The van der Waals surface area contributed by atoms with Gasteiger partial charge in [-0.2, -0.15) is 0 Å². The number of benzene rings is 2. The first-order chi connectivity index (χ1) is 11.4. The molecule has 1 fully saturated rings. The summed E-state index contributed by atoms with van der Waals surface area (Å²) in [5.74, 6) is 1.06. The third kappa shape index (κ3) is 3.40. The average molecular weight is 306 g/mol. The molecule has 2 heterocycles. The van der Waals surface area contributed by atoms with E-state index in [1.165, 1.54) is 23.9 Å². The van der Waals surface area contributed by atoms with Gasteiger partial charge in [-0.15, -0.1) is 0 Å². The summed E-state index contributed by atoms with van der Waals surface area (Å²) in [6, 6.07) is 21.4. The van der Waals surface area contributed by atoms with Gasteiger partial charge in [0.1, 0.15) is 11.3 Å². The Morgan fingerprint density at radius 3 is 2.74 bits per heavy atom. The first-order valence-electron chi connectivity index (χ1n) is 8.38. The number of piperidine rings is 1. The van der Waals surface area contributed by atoms with Crippen LogP contribution in [0, 0.1) is 0 Å². The molecule has 23 heavy (non-hydrogen) atoms. The van der Waals surface area contributed by atoms with Gasteiger partial charge in [0.2, 0.25) is 0 Å². The molecule has 0 spiro atoms. The number of furan rings is 1. The van der Waals surface area contributed by atoms with E-state index < -0.39 is 0 Å². The molecule has 0 amide bonds. The lowest BCUT2D eigenvalue weighted by Crippen LogP contribution is -2.41. The van der Waals surface area contributed by atoms with Gasteiger partial charge in [0.15, 0.2) is 0 Å². The maximum absolute atomic E-state index is 5.96. The highest BCUT2D eigenvalue weighted by atomic mass is 16.3. The van der Waals surface area contributed by atoms with Crippen LogP contribution >= 0.6 is 0 Å². The van der Waals surface area contributed by atoms with E-state index in [0.717, 1.165) is 31.0 Å². The normalized spacial score (nSPS) is 19.0. The summed E-state index contributed by atoms with van der Waals surface area (Å²) >= 11 is 0. The highest BCUT2D eigenvalue weighted by Crippen LogP contribution is 2.22. The predicted octanol–water partition coefficient (Wildman–Crippen LogP) is 4.51. The minimum absolute atomic E-state index is 0.510. The molecule has 1 saturated heterocycles. The van der Waals surface area contributed by atoms with Crippen molar-refractivity contribution >= 4 is 16.7 Å². The Hall–Kier alpha value is -2.26. The Labute approximate surface area is 136 Å². The van der Waals surface area contributed by atoms with E-state index in [2.05, 4.69) is 58.7 Å². The van der Waals surface area contributed by atoms with Gasteiger partial charge in [-0.25, -0.2) is 0 Å². The number of fused-ring (bicyclic) bond motifs is 1. The van der Waals surface area contributed by atoms with Crippen LogP contribution in [0.1, 0.15) is 18.6 Å². The van der Waals surface area contributed by atoms with Crippen LogP contribution in [-0.2, 0) is 6.54 Å². The van der Waals surface area contributed by atoms with Crippen LogP contribution < -0.4 is 5.32 Å². The van der Waals surface area contributed by atoms with Crippen molar-refractivity contribution in [3.8, 4) is 0 Å². The molecule has 1 unspecified atom stereocenters. The molecule has 1 atom stereocenters. The molecule has 0 radical (unpaired) electrons. The van der Waals surface area contributed by atoms with Crippen LogP contribution in [0.25, 0.3) is 11.0 Å². The summed E-state index contributed by atoms with van der Waals surface area (Å²) in [5, 5.41) is 4.84. The SMILES string of the molecule is c1ccc(NC2CCCN(Cc3cc4ccccc4o3)C2)cc1. The van der Waals surface area contributed by atoms with Crippen molar-refractivity contribution in [2.45, 2.75) is 25.4 Å². The molecule has 0 bridgehead atoms. The molecule has 1 aliphatic rings. The first kappa shape index (κ1) is 14.3. The fraction of sp³-hybridized carbons (Fsp3) is 0.300. The zero-order valence-corrected chi connectivity index (χ0v) is 13.2. The fourth-order valence-corrected chi connectivity index (χ4v) is 3.42. The van der Waals surface area contributed by atoms with Gasteiger partial charge < -0.3 is 9.73 Å². The monoisotopic (exact) mass is 306 g/mol. The molecule has 1 N–H and O–H groups in total. The van der Waals surface area contributed by atoms with Gasteiger partial charge >= 0.3 is 0 Å². The van der Waals surface area contributed by atoms with Crippen molar-refractivity contribution in [2.24, 2.45) is 0 Å². The molecule has 3 heteroatoms. The smallest absolute Gasteiger partial charge is 0.134 e. The lowest BCUT2D eigenvalue weighted by molar-refractivity contribution is 0.196. The quantitative estimate of drug-likeness (QED) is 0.769. The van der Waals surface area contributed by atoms with E-state index >= 15 is 0 Å². The minimum atomic E-state index is 0.510. The number of rotatable bonds is 4. The van der Waals surface area contributed by atoms with Crippen molar-refractivity contribution in [1.82, 2.24) is 4.90 Å². The number of hydrogen-bond acceptors (Lipinski definition) is 3. The zero-order chi connectivity index (χ0) is 15.5. The molecular weight excluding hydrogens is 284 g/mol. The van der Waals surface area contributed by atoms with Crippen molar-refractivity contribution in [1.29, 1.82) is 0 Å². The highest BCUT2D eigenvalue weighted by molar-refractivity contribution is 5.77. The van der Waals surface area contributed by atoms with E-state index in [1.54, 1.807) is 0 Å². The van der Waals surface area contributed by atoms with E-state index in [1.807, 2.05) is 12.1 Å². The molecule has 0 aliphatic carbocycles. The van der Waals surface area contributed by atoms with Crippen LogP contribution in [0.15, 0.2) is 65.1 Å². The van der Waals surface area contributed by atoms with Crippen LogP contribution in [-0.4, -0.2) is 24.0 Å². The lowest BCUT2D eigenvalue weighted by Gasteiger charge is -2.33. The Morgan fingerprint density at radius 2 is 1.87 bits per heavy atom. The molecular formula is C20H22N2O. The summed E-state index contributed by atoms with van der Waals surface area (Å²) in [5.41, 5.74) is 2.20. The zero-order valence-electron chi connectivity index (χ0n) is 13.2. The lowest BCUT2D eigenvalue weighted by atomic mass is 10.1. The second-order valence-corrected chi connectivity index (χ2v) is 6.34. The second-order valence-electron chi connectivity index (χ2n) is 6.34. The Bertz CT molecular complexity index is 732. The van der Waals surface area contributed by atoms with E-state index in [9.17, 15) is 0 Å². The van der Waals surface area contributed by atoms with Gasteiger partial charge in [0, 0.05) is 23.7 Å². The van der Waals surface area contributed by atoms with Crippen LogP contribution in [0.4, 0.5) is 5.69 Å². The van der Waals surface area contributed by atoms with Crippen molar-refractivity contribution in [2.75, 3.05) is 18.4 Å². The fourth-order valence-electron chi connectivity index (χ4n) is 3.42. The summed E-state index contributed by atoms with van der Waals surface area (Å²) in [7, 11) is 0. The van der Waals surface area contributed by atoms with Crippen molar-refractivity contribution in [3.63, 3.8) is 0 Å². The number of likely N-dealkylation sites (tertiary alicyclic amines) is 1. The highest BCUT2D eigenvalue weighted by Gasteiger charge is 2.20.